The molecule has 0 fully saturated rings. The molecule has 3 aromatic carbocycles. The number of hydrazone groups is 1. The molecule has 2 aliphatic heterocycles. The van der Waals surface area contributed by atoms with Gasteiger partial charge in [0.2, 0.25) is 6.23 Å². The fourth-order valence-corrected chi connectivity index (χ4v) is 3.91. The number of benzene rings is 3. The summed E-state index contributed by atoms with van der Waals surface area (Å²) in [6.45, 7) is 0. The lowest BCUT2D eigenvalue weighted by Crippen LogP contribution is -2.33. The number of fused-ring (bicyclic) bond motifs is 3. The average Bonchev–Trinajstić information content (AvgIpc) is 3.19. The SMILES string of the molecule is COc1ccc(O)c(C2=NN3[C@H](C2)c2ccccc2O[C@H]3c2ccccc2)c1. The first kappa shape index (κ1) is 16.7. The van der Waals surface area contributed by atoms with E-state index in [1.165, 1.54) is 0 Å². The molecule has 2 heterocycles. The molecule has 0 radical (unpaired) electrons. The van der Waals surface area contributed by atoms with E-state index in [4.69, 9.17) is 14.6 Å². The second-order valence-corrected chi connectivity index (χ2v) is 6.95. The van der Waals surface area contributed by atoms with E-state index >= 15 is 0 Å². The van der Waals surface area contributed by atoms with Crippen molar-refractivity contribution >= 4 is 5.71 Å². The number of hydrogen-bond donors (Lipinski definition) is 1. The molecule has 140 valence electrons. The van der Waals surface area contributed by atoms with Gasteiger partial charge in [-0.2, -0.15) is 5.10 Å². The van der Waals surface area contributed by atoms with Crippen LogP contribution in [0.2, 0.25) is 0 Å². The summed E-state index contributed by atoms with van der Waals surface area (Å²) in [4.78, 5) is 0. The molecule has 5 rings (SSSR count). The Kier molecular flexibility index (Phi) is 3.93. The molecule has 0 saturated heterocycles. The Morgan fingerprint density at radius 3 is 2.64 bits per heavy atom. The molecular weight excluding hydrogens is 352 g/mol. The molecule has 28 heavy (non-hydrogen) atoms. The van der Waals surface area contributed by atoms with Gasteiger partial charge in [0.05, 0.1) is 18.9 Å². The highest BCUT2D eigenvalue weighted by Gasteiger charge is 2.41. The lowest BCUT2D eigenvalue weighted by molar-refractivity contribution is -0.0190. The van der Waals surface area contributed by atoms with Crippen LogP contribution < -0.4 is 9.47 Å². The highest BCUT2D eigenvalue weighted by atomic mass is 16.5. The number of methoxy groups -OCH3 is 1. The zero-order valence-electron chi connectivity index (χ0n) is 15.4. The second-order valence-electron chi connectivity index (χ2n) is 6.95. The van der Waals surface area contributed by atoms with Crippen LogP contribution in [-0.4, -0.2) is 22.9 Å². The Hall–Kier alpha value is -3.47. The van der Waals surface area contributed by atoms with Crippen molar-refractivity contribution in [1.29, 1.82) is 0 Å². The fraction of sp³-hybridized carbons (Fsp3) is 0.174. The zero-order valence-corrected chi connectivity index (χ0v) is 15.4. The maximum atomic E-state index is 10.4. The number of para-hydroxylation sites is 1. The standard InChI is InChI=1S/C23H20N2O3/c1-27-16-11-12-21(26)18(13-16)19-14-20-17-9-5-6-10-22(17)28-23(25(20)24-19)15-7-3-2-4-8-15/h2-13,20,23,26H,14H2,1H3/t20-,23+/m1/s1. The molecular formula is C23H20N2O3. The number of phenols is 1. The number of nitrogens with zero attached hydrogens (tertiary/aromatic N) is 2. The topological polar surface area (TPSA) is 54.3 Å². The number of aromatic hydroxyl groups is 1. The van der Waals surface area contributed by atoms with Crippen LogP contribution >= 0.6 is 0 Å². The largest absolute Gasteiger partial charge is 0.507 e. The van der Waals surface area contributed by atoms with Crippen LogP contribution in [0.5, 0.6) is 17.2 Å². The highest BCUT2D eigenvalue weighted by molar-refractivity contribution is 6.04. The molecule has 2 aliphatic rings. The van der Waals surface area contributed by atoms with Crippen molar-refractivity contribution < 1.29 is 14.6 Å². The summed E-state index contributed by atoms with van der Waals surface area (Å²) in [7, 11) is 1.62. The minimum atomic E-state index is -0.314. The van der Waals surface area contributed by atoms with Crippen molar-refractivity contribution in [2.24, 2.45) is 5.10 Å². The quantitative estimate of drug-likeness (QED) is 0.728. The molecule has 5 nitrogen and oxygen atoms in total. The average molecular weight is 372 g/mol. The predicted molar refractivity (Wildman–Crippen MR) is 107 cm³/mol. The summed E-state index contributed by atoms with van der Waals surface area (Å²) in [6.07, 6.45) is 0.371. The van der Waals surface area contributed by atoms with Gasteiger partial charge in [-0.1, -0.05) is 48.5 Å². The minimum Gasteiger partial charge on any atom is -0.507 e. The van der Waals surface area contributed by atoms with Crippen molar-refractivity contribution in [3.63, 3.8) is 0 Å². The van der Waals surface area contributed by atoms with Gasteiger partial charge < -0.3 is 14.6 Å². The van der Waals surface area contributed by atoms with Crippen molar-refractivity contribution in [3.05, 3.63) is 89.5 Å². The summed E-state index contributed by atoms with van der Waals surface area (Å²) in [5, 5.41) is 17.3. The second kappa shape index (κ2) is 6.60. The van der Waals surface area contributed by atoms with E-state index < -0.39 is 0 Å². The van der Waals surface area contributed by atoms with Crippen LogP contribution in [0.3, 0.4) is 0 Å². The van der Waals surface area contributed by atoms with Crippen LogP contribution in [-0.2, 0) is 0 Å². The molecule has 0 unspecified atom stereocenters. The molecule has 1 N–H and O–H groups in total. The van der Waals surface area contributed by atoms with Gasteiger partial charge in [0.25, 0.3) is 0 Å². The first-order valence-electron chi connectivity index (χ1n) is 9.28. The Morgan fingerprint density at radius 1 is 1.04 bits per heavy atom. The van der Waals surface area contributed by atoms with E-state index in [2.05, 4.69) is 6.07 Å². The van der Waals surface area contributed by atoms with Gasteiger partial charge in [0, 0.05) is 23.1 Å². The third kappa shape index (κ3) is 2.67. The lowest BCUT2D eigenvalue weighted by Gasteiger charge is -2.38. The monoisotopic (exact) mass is 372 g/mol. The van der Waals surface area contributed by atoms with Gasteiger partial charge in [0.1, 0.15) is 17.2 Å². The molecule has 0 spiro atoms. The van der Waals surface area contributed by atoms with Crippen molar-refractivity contribution in [1.82, 2.24) is 5.01 Å². The Balaban J connectivity index is 1.61. The van der Waals surface area contributed by atoms with Crippen LogP contribution in [0, 0.1) is 0 Å². The van der Waals surface area contributed by atoms with E-state index in [1.807, 2.05) is 59.6 Å². The molecule has 3 aromatic rings. The molecule has 0 bridgehead atoms. The van der Waals surface area contributed by atoms with Crippen molar-refractivity contribution in [3.8, 4) is 17.2 Å². The van der Waals surface area contributed by atoms with E-state index in [9.17, 15) is 5.11 Å². The lowest BCUT2D eigenvalue weighted by atomic mass is 9.95. The molecule has 0 amide bonds. The maximum Gasteiger partial charge on any atom is 0.213 e. The van der Waals surface area contributed by atoms with Crippen LogP contribution in [0.25, 0.3) is 0 Å². The summed E-state index contributed by atoms with van der Waals surface area (Å²) >= 11 is 0. The van der Waals surface area contributed by atoms with Gasteiger partial charge in [-0.25, -0.2) is 5.01 Å². The summed E-state index contributed by atoms with van der Waals surface area (Å²) in [5.41, 5.74) is 3.67. The Labute approximate surface area is 163 Å². The van der Waals surface area contributed by atoms with Crippen LogP contribution in [0.4, 0.5) is 0 Å². The first-order chi connectivity index (χ1) is 13.7. The van der Waals surface area contributed by atoms with Crippen LogP contribution in [0.15, 0.2) is 77.9 Å². The van der Waals surface area contributed by atoms with Crippen molar-refractivity contribution in [2.45, 2.75) is 18.7 Å². The molecule has 0 aromatic heterocycles. The van der Waals surface area contributed by atoms with Gasteiger partial charge in [-0.15, -0.1) is 0 Å². The van der Waals surface area contributed by atoms with E-state index in [1.54, 1.807) is 19.2 Å². The van der Waals surface area contributed by atoms with E-state index in [0.717, 1.165) is 22.6 Å². The number of rotatable bonds is 3. The van der Waals surface area contributed by atoms with E-state index in [0.29, 0.717) is 17.7 Å². The number of phenolic OH excluding ortho intramolecular Hbond substituents is 1. The van der Waals surface area contributed by atoms with Crippen LogP contribution in [0.1, 0.15) is 35.4 Å². The minimum absolute atomic E-state index is 0.0516. The number of ether oxygens (including phenoxy) is 2. The number of hydrogen-bond acceptors (Lipinski definition) is 5. The van der Waals surface area contributed by atoms with Crippen molar-refractivity contribution in [2.75, 3.05) is 7.11 Å². The molecule has 2 atom stereocenters. The third-order valence-electron chi connectivity index (χ3n) is 5.30. The molecule has 5 heteroatoms. The maximum absolute atomic E-state index is 10.4. The summed E-state index contributed by atoms with van der Waals surface area (Å²) < 4.78 is 11.7. The van der Waals surface area contributed by atoms with E-state index in [-0.39, 0.29) is 18.0 Å². The Morgan fingerprint density at radius 2 is 1.82 bits per heavy atom. The van der Waals surface area contributed by atoms with Gasteiger partial charge >= 0.3 is 0 Å². The predicted octanol–water partition coefficient (Wildman–Crippen LogP) is 4.64. The van der Waals surface area contributed by atoms with Gasteiger partial charge in [-0.05, 0) is 24.3 Å². The zero-order chi connectivity index (χ0) is 19.1. The first-order valence-corrected chi connectivity index (χ1v) is 9.28. The fourth-order valence-electron chi connectivity index (χ4n) is 3.91. The van der Waals surface area contributed by atoms with Gasteiger partial charge in [-0.3, -0.25) is 0 Å². The van der Waals surface area contributed by atoms with Gasteiger partial charge in [0.15, 0.2) is 0 Å². The summed E-state index contributed by atoms with van der Waals surface area (Å²) in [6, 6.07) is 23.5. The highest BCUT2D eigenvalue weighted by Crippen LogP contribution is 2.47. The summed E-state index contributed by atoms with van der Waals surface area (Å²) in [5.74, 6) is 1.77. The third-order valence-corrected chi connectivity index (χ3v) is 5.30. The Bertz CT molecular complexity index is 1050. The normalized spacial score (nSPS) is 20.0. The molecule has 0 aliphatic carbocycles. The smallest absolute Gasteiger partial charge is 0.213 e. The molecule has 0 saturated carbocycles.